The average molecular weight is 1820 g/mol. The van der Waals surface area contributed by atoms with Crippen LogP contribution in [-0.4, -0.2) is 156 Å². The molecule has 4 aromatic heterocycles. The molecule has 27 nitrogen and oxygen atoms in total. The van der Waals surface area contributed by atoms with Gasteiger partial charge in [0.05, 0.1) is 83.4 Å². The van der Waals surface area contributed by atoms with Gasteiger partial charge < -0.3 is 49.3 Å². The first-order valence-corrected chi connectivity index (χ1v) is 48.4. The smallest absolute Gasteiger partial charge is 0.326 e. The average Bonchev–Trinajstić information content (AvgIpc) is 1.63. The number of sulfonamides is 3. The lowest BCUT2D eigenvalue weighted by Gasteiger charge is -2.19. The first-order chi connectivity index (χ1) is 63.3. The number of nitrogens with zero attached hydrogens (tertiary/aromatic N) is 5. The molecule has 2 amide bonds. The van der Waals surface area contributed by atoms with Crippen LogP contribution in [0.1, 0.15) is 110 Å². The van der Waals surface area contributed by atoms with Crippen molar-refractivity contribution in [2.75, 3.05) is 70.9 Å². The summed E-state index contributed by atoms with van der Waals surface area (Å²) in [6.07, 6.45) is 11.2. The first kappa shape index (κ1) is 90.0. The number of aliphatic hydroxyl groups is 2. The van der Waals surface area contributed by atoms with E-state index in [1.165, 1.54) is 4.31 Å². The highest BCUT2D eigenvalue weighted by Crippen LogP contribution is 2.55. The molecule has 131 heavy (non-hydrogen) atoms. The molecular weight excluding hydrogens is 1720 g/mol. The molecule has 0 bridgehead atoms. The van der Waals surface area contributed by atoms with Crippen LogP contribution in [0.25, 0.3) is 44.9 Å². The normalized spacial score (nSPS) is 18.2. The number of hydrogen-bond donors (Lipinski definition) is 6. The monoisotopic (exact) mass is 1820 g/mol. The summed E-state index contributed by atoms with van der Waals surface area (Å²) in [6.45, 7) is 1.43. The molecule has 12 aromatic rings. The predicted molar refractivity (Wildman–Crippen MR) is 492 cm³/mol. The van der Waals surface area contributed by atoms with Gasteiger partial charge in [0, 0.05) is 85.2 Å². The van der Waals surface area contributed by atoms with Crippen LogP contribution in [0, 0.1) is 0 Å². The van der Waals surface area contributed by atoms with Crippen molar-refractivity contribution < 1.29 is 87.4 Å². The van der Waals surface area contributed by atoms with Crippen molar-refractivity contribution in [3.63, 3.8) is 0 Å². The number of amides is 2. The highest BCUT2D eigenvalue weighted by molar-refractivity contribution is 7.89. The number of fused-ring (bicyclic) bond motifs is 2. The van der Waals surface area contributed by atoms with E-state index in [4.69, 9.17) is 38.4 Å². The van der Waals surface area contributed by atoms with Crippen molar-refractivity contribution in [2.45, 2.75) is 134 Å². The predicted octanol–water partition coefficient (Wildman–Crippen LogP) is 13.0. The summed E-state index contributed by atoms with van der Waals surface area (Å²) in [7, 11) is -7.35. The first-order valence-electron chi connectivity index (χ1n) is 43.6. The summed E-state index contributed by atoms with van der Waals surface area (Å²) in [4.78, 5) is 71.5. The molecule has 674 valence electrons. The summed E-state index contributed by atoms with van der Waals surface area (Å²) in [6, 6.07) is 77.9. The van der Waals surface area contributed by atoms with Crippen LogP contribution in [0.3, 0.4) is 0 Å². The third-order valence-electron chi connectivity index (χ3n) is 25.6. The van der Waals surface area contributed by atoms with Crippen LogP contribution < -0.4 is 48.1 Å². The van der Waals surface area contributed by atoms with Gasteiger partial charge in [-0.1, -0.05) is 146 Å². The van der Waals surface area contributed by atoms with Crippen molar-refractivity contribution in [3.05, 3.63) is 300 Å². The molecule has 0 spiro atoms. The topological polar surface area (TPSA) is 362 Å². The highest BCUT2D eigenvalue weighted by Gasteiger charge is 2.55. The molecule has 8 aromatic carbocycles. The lowest BCUT2D eigenvalue weighted by atomic mass is 9.88. The third kappa shape index (κ3) is 19.9. The minimum absolute atomic E-state index is 0.0358. The molecule has 4 aliphatic heterocycles. The number of aliphatic hydroxyl groups excluding tert-OH is 2. The number of hydrogen-bond acceptors (Lipinski definition) is 22. The van der Waals surface area contributed by atoms with E-state index < -0.39 is 52.4 Å². The second-order valence-electron chi connectivity index (χ2n) is 34.1. The van der Waals surface area contributed by atoms with Crippen LogP contribution in [-0.2, 0) is 90.3 Å². The summed E-state index contributed by atoms with van der Waals surface area (Å²) in [5.74, 6) is 5.18. The van der Waals surface area contributed by atoms with Crippen molar-refractivity contribution >= 4 is 65.1 Å². The van der Waals surface area contributed by atoms with E-state index in [-0.39, 0.29) is 90.8 Å². The lowest BCUT2D eigenvalue weighted by Crippen LogP contribution is -3.15. The number of carbonyl (C=O) groups is 4. The van der Waals surface area contributed by atoms with Crippen LogP contribution in [0.5, 0.6) is 34.5 Å². The molecule has 2 unspecified atom stereocenters. The van der Waals surface area contributed by atoms with Crippen molar-refractivity contribution in [1.29, 1.82) is 0 Å². The molecule has 8 heterocycles. The quantitative estimate of drug-likeness (QED) is 0.0265. The number of Topliss-reactive ketones (excluding diaryl/α,β-unsaturated/α-hetero) is 2. The fourth-order valence-corrected chi connectivity index (χ4v) is 21.1. The third-order valence-corrected chi connectivity index (χ3v) is 30.3. The summed E-state index contributed by atoms with van der Waals surface area (Å²) >= 11 is 0. The Labute approximate surface area is 760 Å². The Bertz CT molecular complexity index is 6600. The van der Waals surface area contributed by atoms with Gasteiger partial charge >= 0.3 is 10.0 Å². The maximum absolute atomic E-state index is 13.3. The Morgan fingerprint density at radius 2 is 0.954 bits per heavy atom. The number of ether oxygens (including phenoxy) is 6. The standard InChI is InChI=1S/C28H31N3O6S.C27H26N2O6S.C25H24N2O5S.C21H18N2O/c1-36-24-13-10-20(17-25(24)37-2)28(14-15-28)27(33)30-26-7-3-6-23(29-26)19-8-11-22(12-9-19)38(34,35)31-16-4-5-21(31)18-32;30-21-10-13-29(16-21)36(32,33)22-7-4-18(5-8-22)23-3-1-2-20(28-23)15-26(31)27(11-12-27)19-6-9-24-25(14-19)35-17-34-24;1-33(29,30)26-15-17-5-7-18(8-6-17)21-4-2-3-20(27-21)14-24(28)25(11-12-25)19-9-10-22-23(13-19)32-16-31-22;24-20(21(13-14-21)18-9-5-2-6-10-18)23-19-12-11-17(15-22-19)16-7-3-1-4-8-16/h3,6-13,17,21,32H,4-5,14-16,18H2,1-2H3,(H,29,30,33);1-9,14,21,30H,10-13,15-17H2;2-10,13,26H,11-12,14-16H2,1H3;1-12,15H,13-14H2,(H,22,23,24)/p+1/t21-;;;/m1.../s1. The summed E-state index contributed by atoms with van der Waals surface area (Å²) < 4.78 is 111. The van der Waals surface area contributed by atoms with E-state index >= 15 is 0 Å². The number of carbonyl (C=O) groups excluding carboxylic acids is 4. The molecule has 6 fully saturated rings. The number of benzene rings is 8. The van der Waals surface area contributed by atoms with Crippen molar-refractivity contribution in [2.24, 2.45) is 0 Å². The molecule has 20 rings (SSSR count). The maximum atomic E-state index is 13.3. The number of anilines is 2. The number of methoxy groups -OCH3 is 2. The van der Waals surface area contributed by atoms with E-state index in [1.807, 2.05) is 188 Å². The van der Waals surface area contributed by atoms with Crippen LogP contribution in [0.15, 0.2) is 271 Å². The van der Waals surface area contributed by atoms with E-state index in [9.17, 15) is 54.6 Å². The lowest BCUT2D eigenvalue weighted by molar-refractivity contribution is -0.782. The minimum Gasteiger partial charge on any atom is -0.493 e. The molecule has 3 atom stereocenters. The molecular formula is C101H100N9O18S3+. The fourth-order valence-electron chi connectivity index (χ4n) is 17.4. The number of quaternary nitrogens is 1. The molecule has 6 N–H and O–H groups in total. The van der Waals surface area contributed by atoms with Crippen LogP contribution in [0.2, 0.25) is 0 Å². The SMILES string of the molecule is COc1ccc(C2(C(=O)Nc3cccc(-c4ccc(S(=O)(=O)[NH+]5CCC[C@@H]5CO)cc4)n3)CC2)cc1OC.CS(=O)(=O)NCc1ccc(-c2cccc(CC(=O)C3(c4ccc5c(c4)OCO5)CC3)n2)cc1.O=C(Cc1cccc(-c2ccc(S(=O)(=O)N3CCC(O)C3)cc2)n1)C1(c2ccc3c(c2)OCO3)CC1.O=C(Nc1ccc(-c2ccccc2)cn1)C1(c2ccccc2)CC1. The Kier molecular flexibility index (Phi) is 26.0. The second-order valence-corrected chi connectivity index (χ2v) is 39.9. The Morgan fingerprint density at radius 3 is 1.46 bits per heavy atom. The number of pyridine rings is 4. The van der Waals surface area contributed by atoms with Gasteiger partial charge in [-0.3, -0.25) is 29.1 Å². The minimum atomic E-state index is -3.64. The number of rotatable bonds is 28. The molecule has 30 heteroatoms. The number of β-amino-alcohol motifs (C(OH)–C–C–N with tert-alkyl or cyclic N) is 1. The fraction of sp³-hybridized carbons (Fsp3) is 0.287. The zero-order valence-corrected chi connectivity index (χ0v) is 75.0. The van der Waals surface area contributed by atoms with Crippen LogP contribution >= 0.6 is 0 Å². The van der Waals surface area contributed by atoms with Gasteiger partial charge in [-0.25, -0.2) is 35.8 Å². The van der Waals surface area contributed by atoms with Crippen molar-refractivity contribution in [3.8, 4) is 79.4 Å². The highest BCUT2D eigenvalue weighted by atomic mass is 32.2. The van der Waals surface area contributed by atoms with Gasteiger partial charge in [-0.05, 0) is 200 Å². The molecule has 2 saturated heterocycles. The van der Waals surface area contributed by atoms with Gasteiger partial charge in [0.1, 0.15) is 34.1 Å². The Balaban J connectivity index is 0.000000124. The zero-order chi connectivity index (χ0) is 91.3. The largest absolute Gasteiger partial charge is 0.493 e. The van der Waals surface area contributed by atoms with Gasteiger partial charge in [-0.2, -0.15) is 12.7 Å². The zero-order valence-electron chi connectivity index (χ0n) is 72.5. The number of aromatic nitrogens is 4. The van der Waals surface area contributed by atoms with E-state index in [0.717, 1.165) is 137 Å². The molecule has 4 saturated carbocycles. The van der Waals surface area contributed by atoms with Gasteiger partial charge in [-0.15, -0.1) is 0 Å². The van der Waals surface area contributed by atoms with Gasteiger partial charge in [0.15, 0.2) is 34.5 Å². The Morgan fingerprint density at radius 1 is 0.473 bits per heavy atom. The molecule has 0 radical (unpaired) electrons. The van der Waals surface area contributed by atoms with E-state index in [2.05, 4.69) is 25.3 Å². The van der Waals surface area contributed by atoms with Crippen molar-refractivity contribution in [1.82, 2.24) is 29.0 Å². The van der Waals surface area contributed by atoms with Crippen LogP contribution in [0.4, 0.5) is 11.6 Å². The Hall–Kier alpha value is -12.9. The molecule has 8 aliphatic rings. The molecule has 4 aliphatic carbocycles. The maximum Gasteiger partial charge on any atom is 0.326 e. The summed E-state index contributed by atoms with van der Waals surface area (Å²) in [5, 5.41) is 25.2. The van der Waals surface area contributed by atoms with Gasteiger partial charge in [0.25, 0.3) is 0 Å². The van der Waals surface area contributed by atoms with E-state index in [0.29, 0.717) is 87.7 Å². The number of nitrogens with one attached hydrogen (secondary N) is 4. The number of ketones is 2. The van der Waals surface area contributed by atoms with E-state index in [1.54, 1.807) is 87.1 Å². The van der Waals surface area contributed by atoms with Gasteiger partial charge in [0.2, 0.25) is 45.4 Å². The summed E-state index contributed by atoms with van der Waals surface area (Å²) in [5.41, 5.74) is 10.8. The second kappa shape index (κ2) is 37.9.